The van der Waals surface area contributed by atoms with Crippen LogP contribution in [0.15, 0.2) is 23.3 Å². The standard InChI is InChI=1S/C21H30O2/c1-3-14-5-7-18-17-6-4-15-12-16(23)8-11-21(15,13-22)19(17)9-10-20(14,18)2/h3,12,17-19,22H,4-11,13H2,1-2H3/b14-3-/t17?,18?,19?,20-,21?/m1/s1. The van der Waals surface area contributed by atoms with Crippen LogP contribution in [0.3, 0.4) is 0 Å². The number of fused-ring (bicyclic) bond motifs is 5. The van der Waals surface area contributed by atoms with Gasteiger partial charge in [0.2, 0.25) is 0 Å². The van der Waals surface area contributed by atoms with Gasteiger partial charge in [-0.05, 0) is 81.1 Å². The fourth-order valence-electron chi connectivity index (χ4n) is 6.98. The third kappa shape index (κ3) is 2.00. The molecule has 0 heterocycles. The lowest BCUT2D eigenvalue weighted by Gasteiger charge is -2.58. The molecule has 4 unspecified atom stereocenters. The summed E-state index contributed by atoms with van der Waals surface area (Å²) < 4.78 is 0. The predicted molar refractivity (Wildman–Crippen MR) is 91.9 cm³/mol. The highest BCUT2D eigenvalue weighted by Crippen LogP contribution is 2.66. The van der Waals surface area contributed by atoms with Crippen LogP contribution in [0.25, 0.3) is 0 Å². The Balaban J connectivity index is 1.72. The zero-order valence-electron chi connectivity index (χ0n) is 14.6. The molecule has 0 aromatic heterocycles. The molecule has 3 saturated carbocycles. The van der Waals surface area contributed by atoms with Gasteiger partial charge in [0.05, 0.1) is 6.61 Å². The molecule has 0 bridgehead atoms. The molecule has 0 amide bonds. The van der Waals surface area contributed by atoms with E-state index in [1.165, 1.54) is 37.7 Å². The second-order valence-corrected chi connectivity index (χ2v) is 8.67. The van der Waals surface area contributed by atoms with Gasteiger partial charge >= 0.3 is 0 Å². The van der Waals surface area contributed by atoms with E-state index in [0.717, 1.165) is 24.7 Å². The van der Waals surface area contributed by atoms with E-state index in [0.29, 0.717) is 17.8 Å². The van der Waals surface area contributed by atoms with Gasteiger partial charge in [-0.2, -0.15) is 0 Å². The molecule has 0 aromatic carbocycles. The Morgan fingerprint density at radius 1 is 1.17 bits per heavy atom. The topological polar surface area (TPSA) is 37.3 Å². The van der Waals surface area contributed by atoms with Crippen LogP contribution in [0.2, 0.25) is 0 Å². The Labute approximate surface area is 140 Å². The Hall–Kier alpha value is -0.890. The molecule has 4 aliphatic carbocycles. The van der Waals surface area contributed by atoms with Gasteiger partial charge in [-0.15, -0.1) is 0 Å². The zero-order valence-corrected chi connectivity index (χ0v) is 14.6. The first-order chi connectivity index (χ1) is 11.0. The molecule has 2 heteroatoms. The smallest absolute Gasteiger partial charge is 0.155 e. The summed E-state index contributed by atoms with van der Waals surface area (Å²) in [5.41, 5.74) is 3.29. The molecular weight excluding hydrogens is 284 g/mol. The fourth-order valence-corrected chi connectivity index (χ4v) is 6.98. The molecule has 5 atom stereocenters. The van der Waals surface area contributed by atoms with Crippen LogP contribution in [0.5, 0.6) is 0 Å². The highest BCUT2D eigenvalue weighted by atomic mass is 16.3. The quantitative estimate of drug-likeness (QED) is 0.727. The van der Waals surface area contributed by atoms with E-state index < -0.39 is 0 Å². The van der Waals surface area contributed by atoms with E-state index in [2.05, 4.69) is 19.9 Å². The van der Waals surface area contributed by atoms with Crippen LogP contribution < -0.4 is 0 Å². The zero-order chi connectivity index (χ0) is 16.2. The lowest BCUT2D eigenvalue weighted by atomic mass is 9.47. The van der Waals surface area contributed by atoms with Gasteiger partial charge in [-0.25, -0.2) is 0 Å². The molecule has 126 valence electrons. The van der Waals surface area contributed by atoms with Crippen molar-refractivity contribution in [3.8, 4) is 0 Å². The molecule has 0 spiro atoms. The molecule has 1 N–H and O–H groups in total. The van der Waals surface area contributed by atoms with Crippen molar-refractivity contribution in [2.45, 2.75) is 65.2 Å². The molecule has 0 radical (unpaired) electrons. The minimum Gasteiger partial charge on any atom is -0.395 e. The fraction of sp³-hybridized carbons (Fsp3) is 0.762. The number of allylic oxidation sites excluding steroid dienone is 2. The Kier molecular flexibility index (Phi) is 3.61. The predicted octanol–water partition coefficient (Wildman–Crippen LogP) is 4.44. The number of carbonyl (C=O) groups excluding carboxylic acids is 1. The molecule has 3 fully saturated rings. The molecule has 0 saturated heterocycles. The summed E-state index contributed by atoms with van der Waals surface area (Å²) in [4.78, 5) is 11.9. The summed E-state index contributed by atoms with van der Waals surface area (Å²) in [5, 5.41) is 10.3. The summed E-state index contributed by atoms with van der Waals surface area (Å²) in [6.07, 6.45) is 13.1. The van der Waals surface area contributed by atoms with Crippen molar-refractivity contribution >= 4 is 5.78 Å². The van der Waals surface area contributed by atoms with Gasteiger partial charge in [0.1, 0.15) is 0 Å². The number of hydrogen-bond donors (Lipinski definition) is 1. The number of rotatable bonds is 1. The minimum absolute atomic E-state index is 0.0726. The number of aliphatic hydroxyl groups excluding tert-OH is 1. The monoisotopic (exact) mass is 314 g/mol. The van der Waals surface area contributed by atoms with Crippen molar-refractivity contribution in [3.63, 3.8) is 0 Å². The first-order valence-corrected chi connectivity index (χ1v) is 9.55. The number of carbonyl (C=O) groups is 1. The molecule has 4 rings (SSSR count). The van der Waals surface area contributed by atoms with Crippen LogP contribution in [0.1, 0.15) is 65.2 Å². The highest BCUT2D eigenvalue weighted by Gasteiger charge is 2.58. The number of aliphatic hydroxyl groups is 1. The summed E-state index contributed by atoms with van der Waals surface area (Å²) in [7, 11) is 0. The normalized spacial score (nSPS) is 47.8. The average molecular weight is 314 g/mol. The Bertz CT molecular complexity index is 587. The second kappa shape index (κ2) is 5.31. The average Bonchev–Trinajstić information content (AvgIpc) is 2.90. The van der Waals surface area contributed by atoms with E-state index >= 15 is 0 Å². The number of ketones is 1. The SMILES string of the molecule is C/C=C1/CCC2C3CCC4=CC(=O)CCC4(CO)C3CC[C@]12C. The van der Waals surface area contributed by atoms with E-state index in [9.17, 15) is 9.90 Å². The molecule has 4 aliphatic rings. The van der Waals surface area contributed by atoms with Gasteiger partial charge in [0, 0.05) is 11.8 Å². The maximum Gasteiger partial charge on any atom is 0.155 e. The van der Waals surface area contributed by atoms with Gasteiger partial charge in [-0.1, -0.05) is 24.1 Å². The van der Waals surface area contributed by atoms with Crippen LogP contribution in [-0.2, 0) is 4.79 Å². The van der Waals surface area contributed by atoms with Crippen molar-refractivity contribution in [2.24, 2.45) is 28.6 Å². The molecular formula is C21H30O2. The largest absolute Gasteiger partial charge is 0.395 e. The van der Waals surface area contributed by atoms with E-state index in [1.54, 1.807) is 5.57 Å². The lowest BCUT2D eigenvalue weighted by molar-refractivity contribution is -0.118. The van der Waals surface area contributed by atoms with Crippen LogP contribution >= 0.6 is 0 Å². The van der Waals surface area contributed by atoms with Crippen LogP contribution in [0, 0.1) is 28.6 Å². The third-order valence-corrected chi connectivity index (χ3v) is 8.16. The molecule has 0 aliphatic heterocycles. The van der Waals surface area contributed by atoms with E-state index in [4.69, 9.17) is 0 Å². The maximum absolute atomic E-state index is 11.9. The number of hydrogen-bond acceptors (Lipinski definition) is 2. The molecule has 0 aromatic rings. The maximum atomic E-state index is 11.9. The van der Waals surface area contributed by atoms with Crippen molar-refractivity contribution in [1.29, 1.82) is 0 Å². The summed E-state index contributed by atoms with van der Waals surface area (Å²) >= 11 is 0. The van der Waals surface area contributed by atoms with Gasteiger partial charge in [-0.3, -0.25) is 4.79 Å². The van der Waals surface area contributed by atoms with E-state index in [1.807, 2.05) is 6.08 Å². The van der Waals surface area contributed by atoms with Crippen LogP contribution in [0.4, 0.5) is 0 Å². The van der Waals surface area contributed by atoms with Crippen molar-refractivity contribution in [2.75, 3.05) is 6.61 Å². The molecule has 2 nitrogen and oxygen atoms in total. The van der Waals surface area contributed by atoms with E-state index in [-0.39, 0.29) is 17.8 Å². The van der Waals surface area contributed by atoms with Crippen molar-refractivity contribution in [3.05, 3.63) is 23.3 Å². The summed E-state index contributed by atoms with van der Waals surface area (Å²) in [6.45, 7) is 4.95. The first kappa shape index (κ1) is 15.6. The third-order valence-electron chi connectivity index (χ3n) is 8.16. The Morgan fingerprint density at radius 2 is 2.00 bits per heavy atom. The lowest BCUT2D eigenvalue weighted by Crippen LogP contribution is -2.52. The van der Waals surface area contributed by atoms with Gasteiger partial charge in [0.15, 0.2) is 5.78 Å². The minimum atomic E-state index is -0.0726. The summed E-state index contributed by atoms with van der Waals surface area (Å²) in [6, 6.07) is 0. The molecule has 23 heavy (non-hydrogen) atoms. The van der Waals surface area contributed by atoms with Gasteiger partial charge < -0.3 is 5.11 Å². The van der Waals surface area contributed by atoms with Gasteiger partial charge in [0.25, 0.3) is 0 Å². The van der Waals surface area contributed by atoms with Crippen molar-refractivity contribution in [1.82, 2.24) is 0 Å². The van der Waals surface area contributed by atoms with Crippen LogP contribution in [-0.4, -0.2) is 17.5 Å². The highest BCUT2D eigenvalue weighted by molar-refractivity contribution is 5.91. The Morgan fingerprint density at radius 3 is 2.74 bits per heavy atom. The first-order valence-electron chi connectivity index (χ1n) is 9.55. The summed E-state index contributed by atoms with van der Waals surface area (Å²) in [5.74, 6) is 2.40. The van der Waals surface area contributed by atoms with Crippen molar-refractivity contribution < 1.29 is 9.90 Å². The second-order valence-electron chi connectivity index (χ2n) is 8.67.